The molecule has 2 heteroatoms. The van der Waals surface area contributed by atoms with E-state index in [9.17, 15) is 0 Å². The van der Waals surface area contributed by atoms with Gasteiger partial charge < -0.3 is 4.74 Å². The van der Waals surface area contributed by atoms with Crippen LogP contribution in [-0.4, -0.2) is 12.0 Å². The number of hydrogen-bond donors (Lipinski definition) is 0. The van der Waals surface area contributed by atoms with Crippen molar-refractivity contribution in [1.82, 2.24) is 0 Å². The van der Waals surface area contributed by atoms with E-state index in [1.807, 2.05) is 31.2 Å². The molecule has 0 N–H and O–H groups in total. The van der Waals surface area contributed by atoms with Crippen molar-refractivity contribution in [1.29, 1.82) is 0 Å². The molecule has 0 spiro atoms. The zero-order chi connectivity index (χ0) is 10.7. The molecule has 0 amide bonds. The molecule has 0 saturated heterocycles. The summed E-state index contributed by atoms with van der Waals surface area (Å²) >= 11 is 5.82. The SMILES string of the molecule is C[C@H](Cl)COc1ccc2ccccc2c1. The van der Waals surface area contributed by atoms with Gasteiger partial charge in [-0.2, -0.15) is 0 Å². The first-order chi connectivity index (χ1) is 7.25. The monoisotopic (exact) mass is 220 g/mol. The van der Waals surface area contributed by atoms with Crippen LogP contribution in [0, 0.1) is 0 Å². The summed E-state index contributed by atoms with van der Waals surface area (Å²) in [5.74, 6) is 0.876. The topological polar surface area (TPSA) is 9.23 Å². The normalized spacial score (nSPS) is 12.7. The standard InChI is InChI=1S/C13H13ClO/c1-10(14)9-15-13-7-6-11-4-2-3-5-12(11)8-13/h2-8,10H,9H2,1H3/t10-/m0/s1. The Kier molecular flexibility index (Phi) is 3.12. The summed E-state index contributed by atoms with van der Waals surface area (Å²) < 4.78 is 5.54. The Bertz CT molecular complexity index is 451. The number of alkyl halides is 1. The van der Waals surface area contributed by atoms with Crippen molar-refractivity contribution in [2.45, 2.75) is 12.3 Å². The molecule has 78 valence electrons. The maximum Gasteiger partial charge on any atom is 0.120 e. The van der Waals surface area contributed by atoms with Gasteiger partial charge in [0.25, 0.3) is 0 Å². The van der Waals surface area contributed by atoms with Crippen LogP contribution in [0.1, 0.15) is 6.92 Å². The highest BCUT2D eigenvalue weighted by atomic mass is 35.5. The number of halogens is 1. The minimum Gasteiger partial charge on any atom is -0.492 e. The van der Waals surface area contributed by atoms with Gasteiger partial charge in [0.15, 0.2) is 0 Å². The van der Waals surface area contributed by atoms with Gasteiger partial charge in [-0.3, -0.25) is 0 Å². The lowest BCUT2D eigenvalue weighted by molar-refractivity contribution is 0.321. The van der Waals surface area contributed by atoms with Gasteiger partial charge in [0, 0.05) is 0 Å². The van der Waals surface area contributed by atoms with Crippen LogP contribution >= 0.6 is 11.6 Å². The first-order valence-corrected chi connectivity index (χ1v) is 5.45. The quantitative estimate of drug-likeness (QED) is 0.714. The molecule has 15 heavy (non-hydrogen) atoms. The minimum absolute atomic E-state index is 0.0384. The first kappa shape index (κ1) is 10.3. The van der Waals surface area contributed by atoms with E-state index in [4.69, 9.17) is 16.3 Å². The van der Waals surface area contributed by atoms with Gasteiger partial charge in [-0.25, -0.2) is 0 Å². The summed E-state index contributed by atoms with van der Waals surface area (Å²) in [4.78, 5) is 0. The highest BCUT2D eigenvalue weighted by Crippen LogP contribution is 2.20. The van der Waals surface area contributed by atoms with Crippen molar-refractivity contribution in [3.05, 3.63) is 42.5 Å². The van der Waals surface area contributed by atoms with E-state index in [-0.39, 0.29) is 5.38 Å². The average molecular weight is 221 g/mol. The van der Waals surface area contributed by atoms with E-state index in [2.05, 4.69) is 18.2 Å². The Morgan fingerprint density at radius 3 is 2.60 bits per heavy atom. The summed E-state index contributed by atoms with van der Waals surface area (Å²) in [6.45, 7) is 2.46. The van der Waals surface area contributed by atoms with Crippen LogP contribution in [0.3, 0.4) is 0 Å². The molecule has 0 aromatic heterocycles. The van der Waals surface area contributed by atoms with Gasteiger partial charge in [-0.1, -0.05) is 30.3 Å². The van der Waals surface area contributed by atoms with Crippen molar-refractivity contribution < 1.29 is 4.74 Å². The van der Waals surface area contributed by atoms with E-state index in [1.165, 1.54) is 10.8 Å². The van der Waals surface area contributed by atoms with Crippen LogP contribution in [0.15, 0.2) is 42.5 Å². The van der Waals surface area contributed by atoms with Gasteiger partial charge in [0.2, 0.25) is 0 Å². The van der Waals surface area contributed by atoms with Gasteiger partial charge in [-0.15, -0.1) is 11.6 Å². The van der Waals surface area contributed by atoms with Crippen molar-refractivity contribution in [2.75, 3.05) is 6.61 Å². The van der Waals surface area contributed by atoms with Crippen LogP contribution in [-0.2, 0) is 0 Å². The molecule has 0 heterocycles. The number of benzene rings is 2. The van der Waals surface area contributed by atoms with Crippen molar-refractivity contribution >= 4 is 22.4 Å². The second-order valence-corrected chi connectivity index (χ2v) is 4.35. The third kappa shape index (κ3) is 2.63. The molecule has 0 bridgehead atoms. The molecule has 0 unspecified atom stereocenters. The molecule has 0 aliphatic heterocycles. The molecule has 0 fully saturated rings. The molecule has 1 nitrogen and oxygen atoms in total. The molecule has 2 rings (SSSR count). The maximum absolute atomic E-state index is 5.82. The molecule has 0 saturated carbocycles. The number of ether oxygens (including phenoxy) is 1. The molecular formula is C13H13ClO. The summed E-state index contributed by atoms with van der Waals surface area (Å²) in [5, 5.41) is 2.46. The van der Waals surface area contributed by atoms with E-state index in [0.717, 1.165) is 5.75 Å². The minimum atomic E-state index is 0.0384. The second-order valence-electron chi connectivity index (χ2n) is 3.60. The smallest absolute Gasteiger partial charge is 0.120 e. The van der Waals surface area contributed by atoms with E-state index in [0.29, 0.717) is 6.61 Å². The van der Waals surface area contributed by atoms with E-state index < -0.39 is 0 Å². The fourth-order valence-corrected chi connectivity index (χ4v) is 1.53. The summed E-state index contributed by atoms with van der Waals surface area (Å²) in [5.41, 5.74) is 0. The summed E-state index contributed by atoms with van der Waals surface area (Å²) in [6.07, 6.45) is 0. The van der Waals surface area contributed by atoms with Gasteiger partial charge in [-0.05, 0) is 29.8 Å². The number of rotatable bonds is 3. The Morgan fingerprint density at radius 1 is 1.13 bits per heavy atom. The lowest BCUT2D eigenvalue weighted by Gasteiger charge is -2.08. The molecular weight excluding hydrogens is 208 g/mol. The van der Waals surface area contributed by atoms with Gasteiger partial charge >= 0.3 is 0 Å². The number of hydrogen-bond acceptors (Lipinski definition) is 1. The van der Waals surface area contributed by atoms with Crippen LogP contribution < -0.4 is 4.74 Å². The highest BCUT2D eigenvalue weighted by Gasteiger charge is 1.99. The fourth-order valence-electron chi connectivity index (χ4n) is 1.47. The third-order valence-electron chi connectivity index (χ3n) is 2.20. The highest BCUT2D eigenvalue weighted by molar-refractivity contribution is 6.20. The zero-order valence-electron chi connectivity index (χ0n) is 8.61. The van der Waals surface area contributed by atoms with E-state index in [1.54, 1.807) is 0 Å². The van der Waals surface area contributed by atoms with Crippen molar-refractivity contribution in [2.24, 2.45) is 0 Å². The second kappa shape index (κ2) is 4.54. The average Bonchev–Trinajstić information content (AvgIpc) is 2.26. The predicted octanol–water partition coefficient (Wildman–Crippen LogP) is 3.85. The van der Waals surface area contributed by atoms with Crippen molar-refractivity contribution in [3.63, 3.8) is 0 Å². The van der Waals surface area contributed by atoms with Crippen molar-refractivity contribution in [3.8, 4) is 5.75 Å². The van der Waals surface area contributed by atoms with Gasteiger partial charge in [0.05, 0.1) is 5.38 Å². The first-order valence-electron chi connectivity index (χ1n) is 5.01. The summed E-state index contributed by atoms with van der Waals surface area (Å²) in [7, 11) is 0. The lowest BCUT2D eigenvalue weighted by atomic mass is 10.1. The fraction of sp³-hybridized carbons (Fsp3) is 0.231. The molecule has 2 aromatic rings. The Balaban J connectivity index is 2.23. The predicted molar refractivity (Wildman–Crippen MR) is 64.8 cm³/mol. The maximum atomic E-state index is 5.82. The van der Waals surface area contributed by atoms with Crippen LogP contribution in [0.4, 0.5) is 0 Å². The Hall–Kier alpha value is -1.21. The summed E-state index contributed by atoms with van der Waals surface area (Å²) in [6, 6.07) is 14.3. The number of fused-ring (bicyclic) bond motifs is 1. The zero-order valence-corrected chi connectivity index (χ0v) is 9.37. The van der Waals surface area contributed by atoms with Crippen LogP contribution in [0.25, 0.3) is 10.8 Å². The van der Waals surface area contributed by atoms with Crippen LogP contribution in [0.5, 0.6) is 5.75 Å². The van der Waals surface area contributed by atoms with E-state index >= 15 is 0 Å². The molecule has 0 aliphatic carbocycles. The third-order valence-corrected chi connectivity index (χ3v) is 2.33. The molecule has 0 aliphatic rings. The van der Waals surface area contributed by atoms with Gasteiger partial charge in [0.1, 0.15) is 12.4 Å². The molecule has 0 radical (unpaired) electrons. The molecule has 2 aromatic carbocycles. The lowest BCUT2D eigenvalue weighted by Crippen LogP contribution is -2.06. The molecule has 1 atom stereocenters. The Morgan fingerprint density at radius 2 is 1.87 bits per heavy atom. The Labute approximate surface area is 94.6 Å². The largest absolute Gasteiger partial charge is 0.492 e. The van der Waals surface area contributed by atoms with Crippen LogP contribution in [0.2, 0.25) is 0 Å².